The van der Waals surface area contributed by atoms with Gasteiger partial charge >= 0.3 is 0 Å². The molecular formula is C10H22ClNS. The summed E-state index contributed by atoms with van der Waals surface area (Å²) < 4.78 is 0. The normalized spacial score (nSPS) is 13.6. The van der Waals surface area contributed by atoms with E-state index in [4.69, 9.17) is 11.6 Å². The van der Waals surface area contributed by atoms with Crippen LogP contribution in [0.5, 0.6) is 0 Å². The molecule has 0 aliphatic heterocycles. The molecule has 0 heterocycles. The zero-order valence-electron chi connectivity index (χ0n) is 9.05. The molecule has 0 aromatic rings. The van der Waals surface area contributed by atoms with Gasteiger partial charge in [-0.05, 0) is 24.8 Å². The molecule has 0 aromatic carbocycles. The van der Waals surface area contributed by atoms with E-state index in [0.717, 1.165) is 5.88 Å². The quantitative estimate of drug-likeness (QED) is 0.460. The number of alkyl halides is 1. The molecular weight excluding hydrogens is 202 g/mol. The summed E-state index contributed by atoms with van der Waals surface area (Å²) in [7, 11) is 0. The van der Waals surface area contributed by atoms with Gasteiger partial charge in [0.1, 0.15) is 0 Å². The highest BCUT2D eigenvalue weighted by Gasteiger charge is 2.01. The van der Waals surface area contributed by atoms with Crippen molar-refractivity contribution in [3.05, 3.63) is 0 Å². The summed E-state index contributed by atoms with van der Waals surface area (Å²) in [6.07, 6.45) is 0. The van der Waals surface area contributed by atoms with Gasteiger partial charge in [-0.1, -0.05) is 20.8 Å². The van der Waals surface area contributed by atoms with Crippen molar-refractivity contribution < 1.29 is 0 Å². The first-order chi connectivity index (χ1) is 6.24. The van der Waals surface area contributed by atoms with Gasteiger partial charge in [0.2, 0.25) is 0 Å². The summed E-state index contributed by atoms with van der Waals surface area (Å²) >= 11 is 7.74. The molecule has 3 heteroatoms. The first kappa shape index (κ1) is 13.6. The minimum Gasteiger partial charge on any atom is -0.303 e. The lowest BCUT2D eigenvalue weighted by molar-refractivity contribution is 0.324. The van der Waals surface area contributed by atoms with Gasteiger partial charge in [0.15, 0.2) is 0 Å². The largest absolute Gasteiger partial charge is 0.303 e. The van der Waals surface area contributed by atoms with Gasteiger partial charge in [-0.25, -0.2) is 0 Å². The van der Waals surface area contributed by atoms with Gasteiger partial charge in [0.25, 0.3) is 0 Å². The van der Waals surface area contributed by atoms with Crippen LogP contribution in [0.3, 0.4) is 0 Å². The summed E-state index contributed by atoms with van der Waals surface area (Å²) in [4.78, 5) is 2.46. The smallest absolute Gasteiger partial charge is 0.0257 e. The summed E-state index contributed by atoms with van der Waals surface area (Å²) in [5.74, 6) is 3.88. The van der Waals surface area contributed by atoms with Crippen molar-refractivity contribution in [3.63, 3.8) is 0 Å². The molecule has 0 saturated heterocycles. The maximum absolute atomic E-state index is 5.72. The van der Waals surface area contributed by atoms with Crippen LogP contribution in [0.15, 0.2) is 0 Å². The molecule has 0 aliphatic rings. The second-order valence-electron chi connectivity index (χ2n) is 3.36. The third-order valence-electron chi connectivity index (χ3n) is 2.11. The fourth-order valence-corrected chi connectivity index (χ4v) is 2.38. The zero-order chi connectivity index (χ0) is 10.1. The van der Waals surface area contributed by atoms with Crippen molar-refractivity contribution in [1.29, 1.82) is 0 Å². The molecule has 0 amide bonds. The number of halogens is 1. The topological polar surface area (TPSA) is 3.24 Å². The van der Waals surface area contributed by atoms with E-state index in [-0.39, 0.29) is 0 Å². The van der Waals surface area contributed by atoms with Crippen molar-refractivity contribution in [3.8, 4) is 0 Å². The summed E-state index contributed by atoms with van der Waals surface area (Å²) in [6, 6.07) is 0. The number of thioether (sulfide) groups is 1. The third kappa shape index (κ3) is 7.65. The molecule has 0 bridgehead atoms. The molecule has 0 aromatic heterocycles. The SMILES string of the molecule is CCN(CC)CCSCC(C)CCl. The average Bonchev–Trinajstić information content (AvgIpc) is 2.18. The van der Waals surface area contributed by atoms with E-state index >= 15 is 0 Å². The van der Waals surface area contributed by atoms with Crippen molar-refractivity contribution in [2.24, 2.45) is 5.92 Å². The van der Waals surface area contributed by atoms with Crippen molar-refractivity contribution in [1.82, 2.24) is 4.90 Å². The Kier molecular flexibility index (Phi) is 9.59. The van der Waals surface area contributed by atoms with Crippen LogP contribution in [0.1, 0.15) is 20.8 Å². The number of hydrogen-bond donors (Lipinski definition) is 0. The standard InChI is InChI=1S/C10H22ClNS/c1-4-12(5-2)6-7-13-9-10(3)8-11/h10H,4-9H2,1-3H3. The van der Waals surface area contributed by atoms with E-state index < -0.39 is 0 Å². The molecule has 0 aliphatic carbocycles. The number of nitrogens with zero attached hydrogens (tertiary/aromatic N) is 1. The lowest BCUT2D eigenvalue weighted by atomic mass is 10.3. The van der Waals surface area contributed by atoms with Gasteiger partial charge < -0.3 is 4.90 Å². The fourth-order valence-electron chi connectivity index (χ4n) is 1.06. The first-order valence-electron chi connectivity index (χ1n) is 5.10. The van der Waals surface area contributed by atoms with Gasteiger partial charge in [0.05, 0.1) is 0 Å². The fraction of sp³-hybridized carbons (Fsp3) is 1.00. The Morgan fingerprint density at radius 2 is 1.92 bits per heavy atom. The Morgan fingerprint density at radius 3 is 2.38 bits per heavy atom. The summed E-state index contributed by atoms with van der Waals surface area (Å²) in [6.45, 7) is 10.2. The van der Waals surface area contributed by atoms with E-state index in [0.29, 0.717) is 5.92 Å². The molecule has 0 rings (SSSR count). The monoisotopic (exact) mass is 223 g/mol. The highest BCUT2D eigenvalue weighted by Crippen LogP contribution is 2.09. The maximum atomic E-state index is 5.72. The molecule has 1 atom stereocenters. The molecule has 0 N–H and O–H groups in total. The average molecular weight is 224 g/mol. The highest BCUT2D eigenvalue weighted by atomic mass is 35.5. The summed E-state index contributed by atoms with van der Waals surface area (Å²) in [5.41, 5.74) is 0. The lowest BCUT2D eigenvalue weighted by Gasteiger charge is -2.17. The van der Waals surface area contributed by atoms with Crippen LogP contribution in [0.2, 0.25) is 0 Å². The number of hydrogen-bond acceptors (Lipinski definition) is 2. The number of rotatable bonds is 8. The van der Waals surface area contributed by atoms with Crippen LogP contribution in [0.25, 0.3) is 0 Å². The predicted octanol–water partition coefficient (Wildman–Crippen LogP) is 2.94. The van der Waals surface area contributed by atoms with E-state index in [2.05, 4.69) is 25.7 Å². The first-order valence-corrected chi connectivity index (χ1v) is 6.79. The minimum atomic E-state index is 0.656. The maximum Gasteiger partial charge on any atom is 0.0257 e. The van der Waals surface area contributed by atoms with Crippen molar-refractivity contribution in [2.75, 3.05) is 37.0 Å². The molecule has 1 unspecified atom stereocenters. The van der Waals surface area contributed by atoms with Gasteiger partial charge in [-0.2, -0.15) is 11.8 Å². The predicted molar refractivity (Wildman–Crippen MR) is 65.0 cm³/mol. The van der Waals surface area contributed by atoms with Crippen LogP contribution >= 0.6 is 23.4 Å². The molecule has 13 heavy (non-hydrogen) atoms. The Balaban J connectivity index is 3.23. The van der Waals surface area contributed by atoms with E-state index in [1.807, 2.05) is 11.8 Å². The van der Waals surface area contributed by atoms with Crippen LogP contribution in [0, 0.1) is 5.92 Å². The Bertz CT molecular complexity index is 107. The van der Waals surface area contributed by atoms with Gasteiger partial charge in [-0.3, -0.25) is 0 Å². The van der Waals surface area contributed by atoms with Gasteiger partial charge in [0, 0.05) is 18.2 Å². The lowest BCUT2D eigenvalue weighted by Crippen LogP contribution is -2.25. The summed E-state index contributed by atoms with van der Waals surface area (Å²) in [5, 5.41) is 0. The molecule has 0 spiro atoms. The second-order valence-corrected chi connectivity index (χ2v) is 4.82. The van der Waals surface area contributed by atoms with E-state index in [1.54, 1.807) is 0 Å². The molecule has 80 valence electrons. The van der Waals surface area contributed by atoms with Crippen molar-refractivity contribution >= 4 is 23.4 Å². The highest BCUT2D eigenvalue weighted by molar-refractivity contribution is 7.99. The third-order valence-corrected chi connectivity index (χ3v) is 3.91. The minimum absolute atomic E-state index is 0.656. The Hall–Kier alpha value is 0.600. The van der Waals surface area contributed by atoms with Crippen LogP contribution in [-0.2, 0) is 0 Å². The second kappa shape index (κ2) is 9.17. The van der Waals surface area contributed by atoms with E-state index in [9.17, 15) is 0 Å². The van der Waals surface area contributed by atoms with Crippen LogP contribution < -0.4 is 0 Å². The molecule has 0 radical (unpaired) electrons. The molecule has 1 nitrogen and oxygen atoms in total. The Labute approximate surface area is 92.2 Å². The van der Waals surface area contributed by atoms with Crippen molar-refractivity contribution in [2.45, 2.75) is 20.8 Å². The van der Waals surface area contributed by atoms with Gasteiger partial charge in [-0.15, -0.1) is 11.6 Å². The van der Waals surface area contributed by atoms with Crippen LogP contribution in [0.4, 0.5) is 0 Å². The van der Waals surface area contributed by atoms with E-state index in [1.165, 1.54) is 31.1 Å². The molecule has 0 saturated carbocycles. The Morgan fingerprint density at radius 1 is 1.31 bits per heavy atom. The molecule has 0 fully saturated rings. The zero-order valence-corrected chi connectivity index (χ0v) is 10.6. The van der Waals surface area contributed by atoms with Crippen LogP contribution in [-0.4, -0.2) is 41.9 Å².